The smallest absolute Gasteiger partial charge is 0.311 e. The topological polar surface area (TPSA) is 128 Å². The van der Waals surface area contributed by atoms with Gasteiger partial charge in [-0.1, -0.05) is 43.6 Å². The maximum Gasteiger partial charge on any atom is 0.311 e. The van der Waals surface area contributed by atoms with Crippen molar-refractivity contribution in [1.82, 2.24) is 0 Å². The van der Waals surface area contributed by atoms with Crippen LogP contribution in [0.3, 0.4) is 0 Å². The number of nitro groups is 1. The van der Waals surface area contributed by atoms with Crippen molar-refractivity contribution in [1.29, 1.82) is 5.26 Å². The summed E-state index contributed by atoms with van der Waals surface area (Å²) in [6, 6.07) is 13.4. The van der Waals surface area contributed by atoms with Gasteiger partial charge in [0.05, 0.1) is 10.8 Å². The number of hydrogen-bond donors (Lipinski definition) is 1. The van der Waals surface area contributed by atoms with E-state index in [1.165, 1.54) is 12.1 Å². The number of nitro benzene ring substituents is 1. The molecule has 1 aliphatic heterocycles. The van der Waals surface area contributed by atoms with Gasteiger partial charge >= 0.3 is 5.69 Å². The van der Waals surface area contributed by atoms with E-state index in [4.69, 9.17) is 26.8 Å². The SMILES string of the molecule is CC1(C)CC(=O)C2=C(C1)OC(N)=C(C#N)[C@@H]2c1ccc(OCc2ccc(Cl)cc2)c([N+](=O)[O-])c1. The van der Waals surface area contributed by atoms with Gasteiger partial charge in [-0.2, -0.15) is 5.26 Å². The third-order valence-corrected chi connectivity index (χ3v) is 6.15. The summed E-state index contributed by atoms with van der Waals surface area (Å²) in [5.74, 6) is -0.629. The number of rotatable bonds is 5. The highest BCUT2D eigenvalue weighted by Gasteiger charge is 2.43. The second kappa shape index (κ2) is 8.84. The van der Waals surface area contributed by atoms with Crippen LogP contribution in [0.15, 0.2) is 65.3 Å². The summed E-state index contributed by atoms with van der Waals surface area (Å²) in [5.41, 5.74) is 7.00. The zero-order chi connectivity index (χ0) is 24.6. The van der Waals surface area contributed by atoms with Crippen LogP contribution in [0.4, 0.5) is 5.69 Å². The summed E-state index contributed by atoms with van der Waals surface area (Å²) in [6.07, 6.45) is 0.739. The molecule has 1 heterocycles. The summed E-state index contributed by atoms with van der Waals surface area (Å²) in [6.45, 7) is 4.00. The van der Waals surface area contributed by atoms with E-state index < -0.39 is 10.8 Å². The largest absolute Gasteiger partial charge is 0.482 e. The molecule has 0 amide bonds. The van der Waals surface area contributed by atoms with Crippen molar-refractivity contribution in [2.75, 3.05) is 0 Å². The van der Waals surface area contributed by atoms with Crippen LogP contribution in [-0.2, 0) is 16.1 Å². The number of nitrogens with zero attached hydrogens (tertiary/aromatic N) is 2. The maximum absolute atomic E-state index is 13.1. The Bertz CT molecular complexity index is 1290. The quantitative estimate of drug-likeness (QED) is 0.456. The number of ether oxygens (including phenoxy) is 2. The molecule has 0 bridgehead atoms. The second-order valence-electron chi connectivity index (χ2n) is 9.10. The number of carbonyl (C=O) groups is 1. The molecule has 0 fully saturated rings. The number of nitriles is 1. The molecule has 2 aromatic carbocycles. The average Bonchev–Trinajstić information content (AvgIpc) is 2.76. The molecular weight excluding hydrogens is 458 g/mol. The third-order valence-electron chi connectivity index (χ3n) is 5.90. The molecule has 4 rings (SSSR count). The lowest BCUT2D eigenvalue weighted by Gasteiger charge is -2.37. The van der Waals surface area contributed by atoms with E-state index in [-0.39, 0.29) is 47.1 Å². The molecule has 0 saturated carbocycles. The summed E-state index contributed by atoms with van der Waals surface area (Å²) in [5, 5.41) is 22.2. The molecule has 1 aliphatic carbocycles. The third kappa shape index (κ3) is 4.47. The number of nitrogens with two attached hydrogens (primary N) is 1. The zero-order valence-corrected chi connectivity index (χ0v) is 19.4. The van der Waals surface area contributed by atoms with Crippen molar-refractivity contribution in [2.24, 2.45) is 11.1 Å². The molecule has 0 saturated heterocycles. The fourth-order valence-electron chi connectivity index (χ4n) is 4.34. The van der Waals surface area contributed by atoms with Crippen LogP contribution in [0.5, 0.6) is 5.75 Å². The van der Waals surface area contributed by atoms with Crippen molar-refractivity contribution in [2.45, 2.75) is 39.2 Å². The predicted molar refractivity (Wildman–Crippen MR) is 125 cm³/mol. The highest BCUT2D eigenvalue weighted by atomic mass is 35.5. The fourth-order valence-corrected chi connectivity index (χ4v) is 4.46. The number of allylic oxidation sites excluding steroid dienone is 3. The summed E-state index contributed by atoms with van der Waals surface area (Å²) < 4.78 is 11.4. The van der Waals surface area contributed by atoms with E-state index >= 15 is 0 Å². The molecule has 0 aromatic heterocycles. The van der Waals surface area contributed by atoms with E-state index in [9.17, 15) is 20.2 Å². The van der Waals surface area contributed by atoms with E-state index in [0.717, 1.165) is 5.56 Å². The Labute approximate surface area is 201 Å². The van der Waals surface area contributed by atoms with Crippen LogP contribution in [0, 0.1) is 26.9 Å². The summed E-state index contributed by atoms with van der Waals surface area (Å²) in [4.78, 5) is 24.4. The first-order valence-electron chi connectivity index (χ1n) is 10.6. The molecule has 2 aliphatic rings. The van der Waals surface area contributed by atoms with E-state index in [1.807, 2.05) is 19.9 Å². The Balaban J connectivity index is 1.74. The van der Waals surface area contributed by atoms with Gasteiger partial charge < -0.3 is 15.2 Å². The van der Waals surface area contributed by atoms with Crippen molar-refractivity contribution in [3.63, 3.8) is 0 Å². The molecule has 9 heteroatoms. The number of benzene rings is 2. The Morgan fingerprint density at radius 3 is 2.62 bits per heavy atom. The molecule has 0 radical (unpaired) electrons. The zero-order valence-electron chi connectivity index (χ0n) is 18.6. The fraction of sp³-hybridized carbons (Fsp3) is 0.280. The van der Waals surface area contributed by atoms with E-state index in [2.05, 4.69) is 0 Å². The number of halogens is 1. The first-order chi connectivity index (χ1) is 16.1. The van der Waals surface area contributed by atoms with Crippen LogP contribution in [-0.4, -0.2) is 10.7 Å². The molecule has 0 unspecified atom stereocenters. The number of ketones is 1. The van der Waals surface area contributed by atoms with E-state index in [1.54, 1.807) is 30.3 Å². The predicted octanol–water partition coefficient (Wildman–Crippen LogP) is 5.28. The first kappa shape index (κ1) is 23.3. The van der Waals surface area contributed by atoms with Gasteiger partial charge in [0.15, 0.2) is 11.5 Å². The normalized spacial score (nSPS) is 19.2. The number of hydrogen-bond acceptors (Lipinski definition) is 7. The number of Topliss-reactive ketones (excluding diaryl/α,β-unsaturated/α-hetero) is 1. The molecular formula is C25H22ClN3O5. The van der Waals surface area contributed by atoms with Crippen LogP contribution >= 0.6 is 11.6 Å². The van der Waals surface area contributed by atoms with Crippen LogP contribution < -0.4 is 10.5 Å². The minimum absolute atomic E-state index is 0.0518. The van der Waals surface area contributed by atoms with Gasteiger partial charge in [-0.15, -0.1) is 0 Å². The first-order valence-corrected chi connectivity index (χ1v) is 11.0. The molecule has 174 valence electrons. The lowest BCUT2D eigenvalue weighted by molar-refractivity contribution is -0.386. The molecule has 34 heavy (non-hydrogen) atoms. The summed E-state index contributed by atoms with van der Waals surface area (Å²) in [7, 11) is 0. The minimum Gasteiger partial charge on any atom is -0.482 e. The van der Waals surface area contributed by atoms with Gasteiger partial charge in [0, 0.05) is 29.5 Å². The molecule has 2 N–H and O–H groups in total. The molecule has 2 aromatic rings. The molecule has 8 nitrogen and oxygen atoms in total. The van der Waals surface area contributed by atoms with Gasteiger partial charge in [0.2, 0.25) is 5.88 Å². The lowest BCUT2D eigenvalue weighted by Crippen LogP contribution is -2.33. The van der Waals surface area contributed by atoms with Gasteiger partial charge in [-0.25, -0.2) is 0 Å². The Morgan fingerprint density at radius 1 is 1.26 bits per heavy atom. The molecule has 1 atom stereocenters. The highest BCUT2D eigenvalue weighted by molar-refractivity contribution is 6.30. The van der Waals surface area contributed by atoms with E-state index in [0.29, 0.717) is 28.3 Å². The number of carbonyl (C=O) groups excluding carboxylic acids is 1. The van der Waals surface area contributed by atoms with Crippen LogP contribution in [0.2, 0.25) is 5.02 Å². The van der Waals surface area contributed by atoms with Gasteiger partial charge in [-0.3, -0.25) is 14.9 Å². The van der Waals surface area contributed by atoms with Crippen LogP contribution in [0.25, 0.3) is 0 Å². The molecule has 0 spiro atoms. The minimum atomic E-state index is -0.846. The maximum atomic E-state index is 13.1. The highest BCUT2D eigenvalue weighted by Crippen LogP contribution is 2.48. The van der Waals surface area contributed by atoms with Crippen molar-refractivity contribution >= 4 is 23.1 Å². The van der Waals surface area contributed by atoms with Crippen molar-refractivity contribution in [3.8, 4) is 11.8 Å². The lowest BCUT2D eigenvalue weighted by atomic mass is 9.70. The van der Waals surface area contributed by atoms with Crippen molar-refractivity contribution < 1.29 is 19.2 Å². The Kier molecular flexibility index (Phi) is 6.07. The standard InChI is InChI=1S/C25H22ClN3O5/c1-25(2)10-19(30)23-21(11-25)34-24(28)17(12-27)22(23)15-5-8-20(18(9-15)29(31)32)33-13-14-3-6-16(26)7-4-14/h3-9,22H,10-11,13,28H2,1-2H3/t22-/m0/s1. The van der Waals surface area contributed by atoms with Gasteiger partial charge in [0.25, 0.3) is 0 Å². The Hall–Kier alpha value is -3.83. The van der Waals surface area contributed by atoms with Gasteiger partial charge in [0.1, 0.15) is 24.0 Å². The summed E-state index contributed by atoms with van der Waals surface area (Å²) >= 11 is 5.89. The Morgan fingerprint density at radius 2 is 1.97 bits per heavy atom. The second-order valence-corrected chi connectivity index (χ2v) is 9.54. The van der Waals surface area contributed by atoms with Crippen LogP contribution in [0.1, 0.15) is 43.7 Å². The van der Waals surface area contributed by atoms with Crippen molar-refractivity contribution in [3.05, 3.63) is 91.5 Å². The van der Waals surface area contributed by atoms with Gasteiger partial charge in [-0.05, 0) is 34.7 Å². The monoisotopic (exact) mass is 479 g/mol. The average molecular weight is 480 g/mol.